The molecule has 0 aromatic heterocycles. The highest BCUT2D eigenvalue weighted by molar-refractivity contribution is 7.98. The van der Waals surface area contributed by atoms with E-state index in [0.29, 0.717) is 22.4 Å². The predicted octanol–water partition coefficient (Wildman–Crippen LogP) is 7.04. The average Bonchev–Trinajstić information content (AvgIpc) is 3.64. The summed E-state index contributed by atoms with van der Waals surface area (Å²) in [4.78, 5) is 72.8. The van der Waals surface area contributed by atoms with Crippen LogP contribution in [0.25, 0.3) is 0 Å². The van der Waals surface area contributed by atoms with Crippen molar-refractivity contribution in [1.82, 2.24) is 4.90 Å². The van der Waals surface area contributed by atoms with Crippen LogP contribution >= 0.6 is 11.8 Å². The topological polar surface area (TPSA) is 183 Å². The van der Waals surface area contributed by atoms with E-state index in [1.165, 1.54) is 37.6 Å². The van der Waals surface area contributed by atoms with Crippen LogP contribution in [0.2, 0.25) is 0 Å². The number of Topliss-reactive ketones (excluding diaryl/α,β-unsaturated/α-hetero) is 1. The monoisotopic (exact) mass is 921 g/mol. The van der Waals surface area contributed by atoms with Gasteiger partial charge in [-0.25, -0.2) is 9.59 Å². The van der Waals surface area contributed by atoms with E-state index in [9.17, 15) is 19.5 Å². The highest BCUT2D eigenvalue weighted by atomic mass is 32.2. The van der Waals surface area contributed by atoms with Gasteiger partial charge in [0.25, 0.3) is 0 Å². The summed E-state index contributed by atoms with van der Waals surface area (Å²) in [5.74, 6) is -3.68. The van der Waals surface area contributed by atoms with Gasteiger partial charge in [0, 0.05) is 43.6 Å². The molecule has 2 aromatic rings. The summed E-state index contributed by atoms with van der Waals surface area (Å²) in [5.41, 5.74) is -5.09. The van der Waals surface area contributed by atoms with Gasteiger partial charge < -0.3 is 43.0 Å². The van der Waals surface area contributed by atoms with Crippen molar-refractivity contribution in [3.05, 3.63) is 76.9 Å². The normalized spacial score (nSPS) is 35.1. The molecule has 0 spiro atoms. The molecule has 65 heavy (non-hydrogen) atoms. The second-order valence-corrected chi connectivity index (χ2v) is 20.6. The van der Waals surface area contributed by atoms with Crippen molar-refractivity contribution in [2.45, 2.75) is 142 Å². The Kier molecular flexibility index (Phi) is 13.1. The van der Waals surface area contributed by atoms with Crippen LogP contribution in [0.15, 0.2) is 65.7 Å². The summed E-state index contributed by atoms with van der Waals surface area (Å²) in [6.07, 6.45) is -5.60. The van der Waals surface area contributed by atoms with E-state index >= 15 is 9.59 Å². The Morgan fingerprint density at radius 1 is 0.954 bits per heavy atom. The van der Waals surface area contributed by atoms with Crippen LogP contribution in [0.1, 0.15) is 105 Å². The van der Waals surface area contributed by atoms with Crippen LogP contribution in [0.3, 0.4) is 0 Å². The quantitative estimate of drug-likeness (QED) is 0.111. The molecule has 2 bridgehead atoms. The fourth-order valence-corrected chi connectivity index (χ4v) is 11.9. The lowest BCUT2D eigenvalue weighted by Gasteiger charge is -2.68. The number of methoxy groups -OCH3 is 1. The second kappa shape index (κ2) is 17.6. The summed E-state index contributed by atoms with van der Waals surface area (Å²) in [6.45, 7) is 16.6. The number of hydrogen-bond acceptors (Lipinski definition) is 15. The van der Waals surface area contributed by atoms with Crippen LogP contribution in [0.4, 0.5) is 4.79 Å². The van der Waals surface area contributed by atoms with Gasteiger partial charge in [0.15, 0.2) is 29.8 Å². The molecule has 1 N–H and O–H groups in total. The molecular formula is C49H63NO14S. The molecule has 354 valence electrons. The number of ketones is 1. The van der Waals surface area contributed by atoms with Gasteiger partial charge in [-0.05, 0) is 75.6 Å². The molecule has 0 radical (unpaired) electrons. The van der Waals surface area contributed by atoms with Crippen LogP contribution in [-0.2, 0) is 52.3 Å². The number of fused-ring (bicyclic) bond motifs is 5. The molecule has 2 saturated carbocycles. The predicted molar refractivity (Wildman–Crippen MR) is 237 cm³/mol. The van der Waals surface area contributed by atoms with Crippen molar-refractivity contribution in [3.8, 4) is 5.75 Å². The van der Waals surface area contributed by atoms with E-state index in [2.05, 4.69) is 0 Å². The Morgan fingerprint density at radius 2 is 1.62 bits per heavy atom. The number of nitrogens with zero attached hydrogens (tertiary/aromatic N) is 1. The standard InChI is InChI=1S/C49H63NO14S/c1-26-33(61-43(54)39-37(30-16-14-13-15-17-30)50(44(55)64-45(5,6)7)42(62-39)31-18-20-32(57-11)21-19-31)23-49(56)27(2)40-47(10,41(53)38(60-28(3)51)36(26)46(49,8)9)34(59-25-65-12)22-35-48(40,24-58-35)63-29(4)52/h13-21,27,33-35,37-40,42,56H,22-25H2,1-12H3/t27-,33?,34?,35?,37-,38?,39?,40?,42+,47+,48?,49?/m0/s1. The van der Waals surface area contributed by atoms with Crippen molar-refractivity contribution in [3.63, 3.8) is 0 Å². The van der Waals surface area contributed by atoms with E-state index in [0.717, 1.165) is 0 Å². The fraction of sp³-hybridized carbons (Fsp3) is 0.612. The van der Waals surface area contributed by atoms with E-state index in [4.69, 9.17) is 37.9 Å². The van der Waals surface area contributed by atoms with Crippen molar-refractivity contribution in [2.75, 3.05) is 25.9 Å². The number of rotatable bonds is 10. The van der Waals surface area contributed by atoms with Gasteiger partial charge >= 0.3 is 24.0 Å². The second-order valence-electron chi connectivity index (χ2n) is 19.7. The first-order valence-corrected chi connectivity index (χ1v) is 23.5. The minimum atomic E-state index is -1.82. The lowest BCUT2D eigenvalue weighted by Crippen LogP contribution is -2.80. The Labute approximate surface area is 385 Å². The number of benzene rings is 2. The Balaban J connectivity index is 1.37. The van der Waals surface area contributed by atoms with E-state index < -0.39 is 112 Å². The third kappa shape index (κ3) is 8.14. The third-order valence-electron chi connectivity index (χ3n) is 14.5. The number of amides is 1. The van der Waals surface area contributed by atoms with Gasteiger partial charge in [-0.2, -0.15) is 0 Å². The van der Waals surface area contributed by atoms with Crippen LogP contribution in [-0.4, -0.2) is 113 Å². The van der Waals surface area contributed by atoms with Crippen molar-refractivity contribution in [2.24, 2.45) is 22.7 Å². The lowest BCUT2D eigenvalue weighted by molar-refractivity contribution is -0.340. The van der Waals surface area contributed by atoms with Gasteiger partial charge in [-0.3, -0.25) is 19.3 Å². The highest BCUT2D eigenvalue weighted by Gasteiger charge is 2.76. The van der Waals surface area contributed by atoms with E-state index in [1.807, 2.05) is 19.2 Å². The Morgan fingerprint density at radius 3 is 2.17 bits per heavy atom. The molecule has 2 heterocycles. The van der Waals surface area contributed by atoms with Crippen LogP contribution in [0.5, 0.6) is 5.75 Å². The van der Waals surface area contributed by atoms with E-state index in [1.54, 1.807) is 97.0 Å². The summed E-state index contributed by atoms with van der Waals surface area (Å²) in [6, 6.07) is 14.8. The number of ether oxygens (including phenoxy) is 8. The number of hydrogen-bond donors (Lipinski definition) is 1. The van der Waals surface area contributed by atoms with Gasteiger partial charge in [-0.15, -0.1) is 11.8 Å². The third-order valence-corrected chi connectivity index (χ3v) is 14.9. The molecule has 2 aliphatic heterocycles. The maximum absolute atomic E-state index is 15.8. The molecule has 2 aromatic carbocycles. The molecule has 4 fully saturated rings. The first-order chi connectivity index (χ1) is 30.5. The summed E-state index contributed by atoms with van der Waals surface area (Å²) < 4.78 is 49.4. The summed E-state index contributed by atoms with van der Waals surface area (Å²) in [7, 11) is 1.54. The minimum Gasteiger partial charge on any atom is -0.497 e. The maximum atomic E-state index is 15.8. The number of esters is 3. The van der Waals surface area contributed by atoms with Crippen LogP contribution in [0, 0.1) is 22.7 Å². The van der Waals surface area contributed by atoms with Crippen LogP contribution < -0.4 is 4.74 Å². The number of aliphatic hydroxyl groups is 1. The highest BCUT2D eigenvalue weighted by Crippen LogP contribution is 2.66. The zero-order valence-corrected chi connectivity index (χ0v) is 40.1. The maximum Gasteiger partial charge on any atom is 0.413 e. The molecule has 5 aliphatic rings. The zero-order chi connectivity index (χ0) is 47.6. The molecular weight excluding hydrogens is 859 g/mol. The molecule has 8 unspecified atom stereocenters. The first-order valence-electron chi connectivity index (χ1n) is 22.1. The lowest BCUT2D eigenvalue weighted by atomic mass is 9.42. The van der Waals surface area contributed by atoms with Gasteiger partial charge in [0.2, 0.25) is 0 Å². The van der Waals surface area contributed by atoms with E-state index in [-0.39, 0.29) is 31.0 Å². The van der Waals surface area contributed by atoms with Crippen molar-refractivity contribution < 1.29 is 67.0 Å². The zero-order valence-electron chi connectivity index (χ0n) is 39.3. The Bertz CT molecular complexity index is 2210. The first kappa shape index (κ1) is 48.5. The summed E-state index contributed by atoms with van der Waals surface area (Å²) in [5, 5.41) is 13.7. The molecule has 2 saturated heterocycles. The minimum absolute atomic E-state index is 0.0390. The number of thioether (sulfide) groups is 1. The van der Waals surface area contributed by atoms with Crippen molar-refractivity contribution >= 4 is 41.5 Å². The molecule has 1 amide bonds. The smallest absolute Gasteiger partial charge is 0.413 e. The molecule has 3 aliphatic carbocycles. The Hall–Kier alpha value is -4.48. The van der Waals surface area contributed by atoms with Gasteiger partial charge in [0.05, 0.1) is 36.8 Å². The fourth-order valence-electron chi connectivity index (χ4n) is 11.6. The summed E-state index contributed by atoms with van der Waals surface area (Å²) >= 11 is 1.42. The molecule has 15 nitrogen and oxygen atoms in total. The molecule has 12 atom stereocenters. The number of carbonyl (C=O) groups is 5. The molecule has 7 rings (SSSR count). The van der Waals surface area contributed by atoms with Crippen molar-refractivity contribution in [1.29, 1.82) is 0 Å². The molecule has 16 heteroatoms. The average molecular weight is 922 g/mol. The largest absolute Gasteiger partial charge is 0.497 e. The van der Waals surface area contributed by atoms with Gasteiger partial charge in [0.1, 0.15) is 29.6 Å². The SMILES string of the molecule is COc1ccc([C@H]2OC(C(=O)OC3CC4(O)[C@@H](C)C5C6(OC(C)=O)COC6CC(OCSC)[C@@]5(C)C(=O)C(OC(C)=O)C(=C3C)C4(C)C)[C@H](c3ccccc3)N2C(=O)OC(C)(C)C)cc1. The number of carbonyl (C=O) groups excluding carboxylic acids is 5. The van der Waals surface area contributed by atoms with Gasteiger partial charge in [-0.1, -0.05) is 63.2 Å².